The number of hydrogen-bond donors (Lipinski definition) is 1. The van der Waals surface area contributed by atoms with E-state index in [9.17, 15) is 4.79 Å². The molecule has 0 saturated carbocycles. The van der Waals surface area contributed by atoms with E-state index in [1.807, 2.05) is 25.1 Å². The Morgan fingerprint density at radius 1 is 1.36 bits per heavy atom. The number of rotatable bonds is 6. The van der Waals surface area contributed by atoms with Gasteiger partial charge in [0.15, 0.2) is 0 Å². The molecule has 1 aliphatic heterocycles. The molecule has 120 valence electrons. The van der Waals surface area contributed by atoms with E-state index in [0.717, 1.165) is 19.5 Å². The van der Waals surface area contributed by atoms with Gasteiger partial charge >= 0.3 is 0 Å². The van der Waals surface area contributed by atoms with Crippen molar-refractivity contribution in [1.29, 1.82) is 0 Å². The number of aryl methyl sites for hydroxylation is 1. The molecule has 4 heteroatoms. The average molecular weight is 301 g/mol. The van der Waals surface area contributed by atoms with Gasteiger partial charge in [-0.15, -0.1) is 0 Å². The summed E-state index contributed by atoms with van der Waals surface area (Å²) in [5.41, 5.74) is 2.53. The molecule has 4 nitrogen and oxygen atoms in total. The molecule has 1 fully saturated rings. The lowest BCUT2D eigenvalue weighted by Gasteiger charge is -2.27. The molecule has 1 unspecified atom stereocenters. The molecule has 1 saturated heterocycles. The summed E-state index contributed by atoms with van der Waals surface area (Å²) in [6.07, 6.45) is 5.84. The second-order valence-corrected chi connectivity index (χ2v) is 6.23. The molecular weight excluding hydrogens is 274 g/mol. The fourth-order valence-electron chi connectivity index (χ4n) is 2.77. The third-order valence-corrected chi connectivity index (χ3v) is 3.99. The van der Waals surface area contributed by atoms with E-state index in [1.54, 1.807) is 6.08 Å². The zero-order valence-corrected chi connectivity index (χ0v) is 13.9. The van der Waals surface area contributed by atoms with Crippen LogP contribution in [0.5, 0.6) is 0 Å². The van der Waals surface area contributed by atoms with Crippen molar-refractivity contribution >= 4 is 11.6 Å². The van der Waals surface area contributed by atoms with Crippen LogP contribution in [0.15, 0.2) is 36.4 Å². The summed E-state index contributed by atoms with van der Waals surface area (Å²) in [4.78, 5) is 16.3. The number of hydrogen-bond acceptors (Lipinski definition) is 3. The Bertz CT molecular complexity index is 508. The van der Waals surface area contributed by atoms with E-state index in [0.29, 0.717) is 12.6 Å². The number of carbonyl (C=O) groups excluding carboxylic acids is 1. The Kier molecular flexibility index (Phi) is 6.01. The minimum atomic E-state index is -0.00222. The molecular formula is C18H27N3O. The molecule has 1 N–H and O–H groups in total. The summed E-state index contributed by atoms with van der Waals surface area (Å²) < 4.78 is 0. The second-order valence-electron chi connectivity index (χ2n) is 6.23. The monoisotopic (exact) mass is 301 g/mol. The van der Waals surface area contributed by atoms with E-state index in [1.165, 1.54) is 17.7 Å². The maximum absolute atomic E-state index is 11.8. The van der Waals surface area contributed by atoms with E-state index in [-0.39, 0.29) is 5.91 Å². The standard InChI is InChI=1S/C18H27N3O/c1-15-8-10-16(11-9-15)21-13-4-6-17(21)14-19-18(22)7-5-12-20(2)3/h5,7-11,17H,4,6,12-14H2,1-3H3,(H,19,22)/b7-5+. The smallest absolute Gasteiger partial charge is 0.243 e. The van der Waals surface area contributed by atoms with Crippen LogP contribution in [0, 0.1) is 6.92 Å². The van der Waals surface area contributed by atoms with Gasteiger partial charge in [-0.3, -0.25) is 4.79 Å². The predicted octanol–water partition coefficient (Wildman–Crippen LogP) is 2.20. The third-order valence-electron chi connectivity index (χ3n) is 3.99. The minimum Gasteiger partial charge on any atom is -0.367 e. The molecule has 0 aromatic heterocycles. The number of carbonyl (C=O) groups is 1. The normalized spacial score (nSPS) is 18.4. The molecule has 2 rings (SSSR count). The van der Waals surface area contributed by atoms with Crippen LogP contribution in [0.2, 0.25) is 0 Å². The van der Waals surface area contributed by atoms with E-state index >= 15 is 0 Å². The van der Waals surface area contributed by atoms with Crippen molar-refractivity contribution in [1.82, 2.24) is 10.2 Å². The highest BCUT2D eigenvalue weighted by atomic mass is 16.1. The topological polar surface area (TPSA) is 35.6 Å². The molecule has 1 atom stereocenters. The van der Waals surface area contributed by atoms with E-state index in [4.69, 9.17) is 0 Å². The number of benzene rings is 1. The number of nitrogens with zero attached hydrogens (tertiary/aromatic N) is 2. The van der Waals surface area contributed by atoms with Crippen LogP contribution in [-0.4, -0.2) is 50.6 Å². The molecule has 0 radical (unpaired) electrons. The van der Waals surface area contributed by atoms with E-state index in [2.05, 4.69) is 41.4 Å². The largest absolute Gasteiger partial charge is 0.367 e. The van der Waals surface area contributed by atoms with Gasteiger partial charge in [-0.2, -0.15) is 0 Å². The summed E-state index contributed by atoms with van der Waals surface area (Å²) in [6, 6.07) is 9.04. The van der Waals surface area contributed by atoms with Gasteiger partial charge in [0, 0.05) is 37.4 Å². The molecule has 0 aliphatic carbocycles. The van der Waals surface area contributed by atoms with Crippen molar-refractivity contribution in [3.05, 3.63) is 42.0 Å². The lowest BCUT2D eigenvalue weighted by atomic mass is 10.2. The van der Waals surface area contributed by atoms with Crippen LogP contribution in [0.3, 0.4) is 0 Å². The van der Waals surface area contributed by atoms with Crippen molar-refractivity contribution in [2.45, 2.75) is 25.8 Å². The summed E-state index contributed by atoms with van der Waals surface area (Å²) in [6.45, 7) is 4.66. The zero-order valence-electron chi connectivity index (χ0n) is 13.9. The molecule has 22 heavy (non-hydrogen) atoms. The average Bonchev–Trinajstić information content (AvgIpc) is 2.94. The number of nitrogens with one attached hydrogen (secondary N) is 1. The van der Waals surface area contributed by atoms with Gasteiger partial charge in [-0.25, -0.2) is 0 Å². The van der Waals surface area contributed by atoms with Crippen LogP contribution in [0.25, 0.3) is 0 Å². The van der Waals surface area contributed by atoms with Crippen molar-refractivity contribution in [3.8, 4) is 0 Å². The lowest BCUT2D eigenvalue weighted by Crippen LogP contribution is -2.39. The highest BCUT2D eigenvalue weighted by Gasteiger charge is 2.24. The van der Waals surface area contributed by atoms with Gasteiger partial charge in [0.1, 0.15) is 0 Å². The van der Waals surface area contributed by atoms with Crippen LogP contribution in [-0.2, 0) is 4.79 Å². The first-order chi connectivity index (χ1) is 10.6. The molecule has 0 bridgehead atoms. The Labute approximate surface area is 133 Å². The highest BCUT2D eigenvalue weighted by Crippen LogP contribution is 2.25. The van der Waals surface area contributed by atoms with Crippen LogP contribution >= 0.6 is 0 Å². The minimum absolute atomic E-state index is 0.00222. The number of anilines is 1. The van der Waals surface area contributed by atoms with Gasteiger partial charge in [-0.05, 0) is 46.0 Å². The molecule has 1 aromatic rings. The summed E-state index contributed by atoms with van der Waals surface area (Å²) in [5.74, 6) is -0.00222. The van der Waals surface area contributed by atoms with Crippen LogP contribution in [0.4, 0.5) is 5.69 Å². The van der Waals surface area contributed by atoms with Crippen LogP contribution in [0.1, 0.15) is 18.4 Å². The first kappa shape index (κ1) is 16.6. The maximum Gasteiger partial charge on any atom is 0.243 e. The van der Waals surface area contributed by atoms with E-state index < -0.39 is 0 Å². The van der Waals surface area contributed by atoms with Gasteiger partial charge in [0.25, 0.3) is 0 Å². The molecule has 1 aliphatic rings. The first-order valence-corrected chi connectivity index (χ1v) is 7.98. The van der Waals surface area contributed by atoms with Crippen molar-refractivity contribution < 1.29 is 4.79 Å². The van der Waals surface area contributed by atoms with Crippen molar-refractivity contribution in [3.63, 3.8) is 0 Å². The Balaban J connectivity index is 1.85. The fraction of sp³-hybridized carbons (Fsp3) is 0.500. The number of amides is 1. The second kappa shape index (κ2) is 7.99. The lowest BCUT2D eigenvalue weighted by molar-refractivity contribution is -0.116. The predicted molar refractivity (Wildman–Crippen MR) is 92.3 cm³/mol. The molecule has 1 amide bonds. The maximum atomic E-state index is 11.8. The first-order valence-electron chi connectivity index (χ1n) is 7.98. The third kappa shape index (κ3) is 4.88. The fourth-order valence-corrected chi connectivity index (χ4v) is 2.77. The van der Waals surface area contributed by atoms with Gasteiger partial charge < -0.3 is 15.1 Å². The zero-order chi connectivity index (χ0) is 15.9. The van der Waals surface area contributed by atoms with Gasteiger partial charge in [0.2, 0.25) is 5.91 Å². The van der Waals surface area contributed by atoms with Crippen molar-refractivity contribution in [2.75, 3.05) is 38.6 Å². The summed E-state index contributed by atoms with van der Waals surface area (Å²) in [5, 5.41) is 3.02. The van der Waals surface area contributed by atoms with Crippen molar-refractivity contribution in [2.24, 2.45) is 0 Å². The molecule has 0 spiro atoms. The number of likely N-dealkylation sites (N-methyl/N-ethyl adjacent to an activating group) is 1. The Morgan fingerprint density at radius 2 is 2.09 bits per heavy atom. The van der Waals surface area contributed by atoms with Crippen LogP contribution < -0.4 is 10.2 Å². The van der Waals surface area contributed by atoms with Gasteiger partial charge in [0.05, 0.1) is 0 Å². The Hall–Kier alpha value is -1.81. The SMILES string of the molecule is Cc1ccc(N2CCCC2CNC(=O)/C=C/CN(C)C)cc1. The Morgan fingerprint density at radius 3 is 2.77 bits per heavy atom. The highest BCUT2D eigenvalue weighted by molar-refractivity contribution is 5.87. The summed E-state index contributed by atoms with van der Waals surface area (Å²) >= 11 is 0. The molecule has 1 heterocycles. The van der Waals surface area contributed by atoms with Gasteiger partial charge in [-0.1, -0.05) is 23.8 Å². The summed E-state index contributed by atoms with van der Waals surface area (Å²) in [7, 11) is 3.97. The molecule has 1 aromatic carbocycles. The quantitative estimate of drug-likeness (QED) is 0.818.